The molecule has 0 aliphatic rings. The van der Waals surface area contributed by atoms with E-state index in [1.807, 2.05) is 49.4 Å². The quantitative estimate of drug-likeness (QED) is 0.682. The lowest BCUT2D eigenvalue weighted by Gasteiger charge is -1.98. The molecular weight excluding hydrogens is 256 g/mol. The van der Waals surface area contributed by atoms with Crippen LogP contribution in [0.25, 0.3) is 5.69 Å². The molecule has 1 aromatic carbocycles. The van der Waals surface area contributed by atoms with Crippen LogP contribution in [-0.4, -0.2) is 15.6 Å². The van der Waals surface area contributed by atoms with Crippen LogP contribution in [0, 0.1) is 6.92 Å². The zero-order valence-corrected chi connectivity index (χ0v) is 11.2. The SMILES string of the molecule is Cc1ccc(C(=O)c2cnn(-c3ccccc3)c2)s1. The molecule has 0 saturated heterocycles. The maximum absolute atomic E-state index is 12.3. The highest BCUT2D eigenvalue weighted by molar-refractivity contribution is 7.14. The number of carbonyl (C=O) groups excluding carboxylic acids is 1. The summed E-state index contributed by atoms with van der Waals surface area (Å²) >= 11 is 1.51. The van der Waals surface area contributed by atoms with Crippen LogP contribution in [0.1, 0.15) is 20.1 Å². The number of ketones is 1. The molecule has 0 aliphatic carbocycles. The molecule has 3 aromatic rings. The van der Waals surface area contributed by atoms with Crippen LogP contribution in [0.2, 0.25) is 0 Å². The van der Waals surface area contributed by atoms with E-state index < -0.39 is 0 Å². The Bertz CT molecular complexity index is 713. The fourth-order valence-corrected chi connectivity index (χ4v) is 2.69. The molecule has 94 valence electrons. The van der Waals surface area contributed by atoms with Gasteiger partial charge in [0.25, 0.3) is 0 Å². The lowest BCUT2D eigenvalue weighted by atomic mass is 10.2. The zero-order valence-electron chi connectivity index (χ0n) is 10.4. The summed E-state index contributed by atoms with van der Waals surface area (Å²) in [6.45, 7) is 1.99. The number of hydrogen-bond donors (Lipinski definition) is 0. The predicted molar refractivity (Wildman–Crippen MR) is 76.1 cm³/mol. The molecule has 0 saturated carbocycles. The second kappa shape index (κ2) is 4.82. The van der Waals surface area contributed by atoms with Crippen molar-refractivity contribution in [3.63, 3.8) is 0 Å². The smallest absolute Gasteiger partial charge is 0.206 e. The van der Waals surface area contributed by atoms with Crippen LogP contribution >= 0.6 is 11.3 Å². The molecule has 0 amide bonds. The third kappa shape index (κ3) is 2.35. The number of para-hydroxylation sites is 1. The number of thiophene rings is 1. The molecule has 0 aliphatic heterocycles. The molecule has 0 fully saturated rings. The van der Waals surface area contributed by atoms with E-state index in [1.165, 1.54) is 11.3 Å². The van der Waals surface area contributed by atoms with E-state index >= 15 is 0 Å². The van der Waals surface area contributed by atoms with Gasteiger partial charge in [-0.05, 0) is 31.2 Å². The topological polar surface area (TPSA) is 34.9 Å². The lowest BCUT2D eigenvalue weighted by Crippen LogP contribution is -1.97. The highest BCUT2D eigenvalue weighted by Gasteiger charge is 2.13. The van der Waals surface area contributed by atoms with E-state index in [9.17, 15) is 4.79 Å². The molecule has 0 radical (unpaired) electrons. The van der Waals surface area contributed by atoms with Crippen molar-refractivity contribution in [3.05, 3.63) is 70.2 Å². The van der Waals surface area contributed by atoms with Crippen LogP contribution in [0.5, 0.6) is 0 Å². The first-order chi connectivity index (χ1) is 9.24. The maximum Gasteiger partial charge on any atom is 0.206 e. The van der Waals surface area contributed by atoms with Gasteiger partial charge in [0.2, 0.25) is 5.78 Å². The third-order valence-corrected chi connectivity index (χ3v) is 3.83. The second-order valence-electron chi connectivity index (χ2n) is 4.25. The van der Waals surface area contributed by atoms with E-state index in [-0.39, 0.29) is 5.78 Å². The van der Waals surface area contributed by atoms with Gasteiger partial charge in [0.05, 0.1) is 22.3 Å². The third-order valence-electron chi connectivity index (χ3n) is 2.83. The molecule has 3 rings (SSSR count). The summed E-state index contributed by atoms with van der Waals surface area (Å²) in [5.74, 6) is 0.0280. The van der Waals surface area contributed by atoms with Crippen molar-refractivity contribution >= 4 is 17.1 Å². The Labute approximate surface area is 115 Å². The van der Waals surface area contributed by atoms with Crippen LogP contribution in [0.3, 0.4) is 0 Å². The van der Waals surface area contributed by atoms with Gasteiger partial charge in [0, 0.05) is 11.1 Å². The Morgan fingerprint density at radius 1 is 1.16 bits per heavy atom. The van der Waals surface area contributed by atoms with Gasteiger partial charge in [-0.1, -0.05) is 18.2 Å². The molecule has 2 heterocycles. The first-order valence-electron chi connectivity index (χ1n) is 5.95. The molecular formula is C15H12N2OS. The zero-order chi connectivity index (χ0) is 13.2. The Morgan fingerprint density at radius 3 is 2.63 bits per heavy atom. The van der Waals surface area contributed by atoms with Crippen molar-refractivity contribution in [2.24, 2.45) is 0 Å². The average Bonchev–Trinajstić information content (AvgIpc) is 3.08. The molecule has 0 N–H and O–H groups in total. The van der Waals surface area contributed by atoms with Gasteiger partial charge in [-0.2, -0.15) is 5.10 Å². The van der Waals surface area contributed by atoms with E-state index in [1.54, 1.807) is 17.1 Å². The van der Waals surface area contributed by atoms with Gasteiger partial charge >= 0.3 is 0 Å². The number of carbonyl (C=O) groups is 1. The summed E-state index contributed by atoms with van der Waals surface area (Å²) in [4.78, 5) is 14.2. The first-order valence-corrected chi connectivity index (χ1v) is 6.77. The summed E-state index contributed by atoms with van der Waals surface area (Å²) in [7, 11) is 0. The van der Waals surface area contributed by atoms with Crippen molar-refractivity contribution in [1.29, 1.82) is 0 Å². The Hall–Kier alpha value is -2.20. The number of nitrogens with zero attached hydrogens (tertiary/aromatic N) is 2. The number of aryl methyl sites for hydroxylation is 1. The largest absolute Gasteiger partial charge is 0.288 e. The van der Waals surface area contributed by atoms with Crippen molar-refractivity contribution in [2.45, 2.75) is 6.92 Å². The minimum atomic E-state index is 0.0280. The number of benzene rings is 1. The number of rotatable bonds is 3. The monoisotopic (exact) mass is 268 g/mol. The molecule has 0 atom stereocenters. The summed E-state index contributed by atoms with van der Waals surface area (Å²) in [5.41, 5.74) is 1.56. The number of aromatic nitrogens is 2. The highest BCUT2D eigenvalue weighted by atomic mass is 32.1. The molecule has 0 spiro atoms. The van der Waals surface area contributed by atoms with Crippen molar-refractivity contribution in [1.82, 2.24) is 9.78 Å². The lowest BCUT2D eigenvalue weighted by molar-refractivity contribution is 0.104. The molecule has 19 heavy (non-hydrogen) atoms. The van der Waals surface area contributed by atoms with Crippen molar-refractivity contribution in [2.75, 3.05) is 0 Å². The number of hydrogen-bond acceptors (Lipinski definition) is 3. The van der Waals surface area contributed by atoms with Crippen molar-refractivity contribution in [3.8, 4) is 5.69 Å². The molecule has 0 bridgehead atoms. The Morgan fingerprint density at radius 2 is 1.95 bits per heavy atom. The molecule has 3 nitrogen and oxygen atoms in total. The van der Waals surface area contributed by atoms with Gasteiger partial charge in [-0.25, -0.2) is 4.68 Å². The fourth-order valence-electron chi connectivity index (χ4n) is 1.86. The predicted octanol–water partition coefficient (Wildman–Crippen LogP) is 3.47. The van der Waals surface area contributed by atoms with Crippen molar-refractivity contribution < 1.29 is 4.79 Å². The summed E-state index contributed by atoms with van der Waals surface area (Å²) < 4.78 is 1.72. The minimum absolute atomic E-state index is 0.0280. The normalized spacial score (nSPS) is 10.6. The van der Waals surface area contributed by atoms with E-state index in [0.29, 0.717) is 5.56 Å². The van der Waals surface area contributed by atoms with Gasteiger partial charge < -0.3 is 0 Å². The van der Waals surface area contributed by atoms with Gasteiger partial charge in [0.15, 0.2) is 0 Å². The van der Waals surface area contributed by atoms with E-state index in [2.05, 4.69) is 5.10 Å². The molecule has 2 aromatic heterocycles. The van der Waals surface area contributed by atoms with Gasteiger partial charge in [-0.15, -0.1) is 11.3 Å². The molecule has 0 unspecified atom stereocenters. The van der Waals surface area contributed by atoms with Gasteiger partial charge in [-0.3, -0.25) is 4.79 Å². The summed E-state index contributed by atoms with van der Waals surface area (Å²) in [5, 5.41) is 4.24. The van der Waals surface area contributed by atoms with Crippen LogP contribution in [0.4, 0.5) is 0 Å². The van der Waals surface area contributed by atoms with Gasteiger partial charge in [0.1, 0.15) is 0 Å². The molecule has 4 heteroatoms. The van der Waals surface area contributed by atoms with E-state index in [4.69, 9.17) is 0 Å². The standard InChI is InChI=1S/C15H12N2OS/c1-11-7-8-14(19-11)15(18)12-9-16-17(10-12)13-5-3-2-4-6-13/h2-10H,1H3. The summed E-state index contributed by atoms with van der Waals surface area (Å²) in [6.07, 6.45) is 3.39. The Kier molecular flexibility index (Phi) is 3.01. The fraction of sp³-hybridized carbons (Fsp3) is 0.0667. The Balaban J connectivity index is 1.92. The van der Waals surface area contributed by atoms with Crippen LogP contribution in [-0.2, 0) is 0 Å². The average molecular weight is 268 g/mol. The minimum Gasteiger partial charge on any atom is -0.288 e. The maximum atomic E-state index is 12.3. The van der Waals surface area contributed by atoms with E-state index in [0.717, 1.165) is 15.4 Å². The first kappa shape index (κ1) is 11.9. The van der Waals surface area contributed by atoms with Crippen LogP contribution in [0.15, 0.2) is 54.9 Å². The summed E-state index contributed by atoms with van der Waals surface area (Å²) in [6, 6.07) is 13.6. The highest BCUT2D eigenvalue weighted by Crippen LogP contribution is 2.19. The second-order valence-corrected chi connectivity index (χ2v) is 5.54. The van der Waals surface area contributed by atoms with Crippen LogP contribution < -0.4 is 0 Å².